The molecule has 1 aliphatic heterocycles. The minimum Gasteiger partial charge on any atom is -0.496 e. The molecule has 2 atom stereocenters. The van der Waals surface area contributed by atoms with E-state index in [1.807, 2.05) is 30.3 Å². The van der Waals surface area contributed by atoms with Crippen molar-refractivity contribution in [3.8, 4) is 0 Å². The molecule has 0 bridgehead atoms. The number of fused-ring (bicyclic) bond motifs is 3. The molecule has 0 amide bonds. The average molecular weight is 278 g/mol. The Morgan fingerprint density at radius 1 is 1.10 bits per heavy atom. The third-order valence-electron chi connectivity index (χ3n) is 3.55. The fourth-order valence-electron chi connectivity index (χ4n) is 2.62. The SMILES string of the molecule is COC1=C[C@@H]2OC(C)(C)OO[C@]2(OC)c2ccccc21. The van der Waals surface area contributed by atoms with Gasteiger partial charge >= 0.3 is 0 Å². The molecule has 0 spiro atoms. The fourth-order valence-corrected chi connectivity index (χ4v) is 2.62. The number of hydrogen-bond donors (Lipinski definition) is 0. The molecule has 0 saturated carbocycles. The van der Waals surface area contributed by atoms with E-state index in [4.69, 9.17) is 24.0 Å². The van der Waals surface area contributed by atoms with Gasteiger partial charge < -0.3 is 14.2 Å². The maximum absolute atomic E-state index is 5.93. The summed E-state index contributed by atoms with van der Waals surface area (Å²) in [6, 6.07) is 7.72. The van der Waals surface area contributed by atoms with Gasteiger partial charge in [0.25, 0.3) is 5.79 Å². The van der Waals surface area contributed by atoms with Gasteiger partial charge in [0, 0.05) is 18.2 Å². The van der Waals surface area contributed by atoms with Crippen molar-refractivity contribution in [3.05, 3.63) is 41.5 Å². The van der Waals surface area contributed by atoms with E-state index in [2.05, 4.69) is 0 Å². The Labute approximate surface area is 118 Å². The summed E-state index contributed by atoms with van der Waals surface area (Å²) in [5, 5.41) is 0. The molecule has 20 heavy (non-hydrogen) atoms. The van der Waals surface area contributed by atoms with Gasteiger partial charge in [0.2, 0.25) is 0 Å². The van der Waals surface area contributed by atoms with E-state index in [0.29, 0.717) is 0 Å². The first-order chi connectivity index (χ1) is 9.52. The zero-order chi connectivity index (χ0) is 14.4. The monoisotopic (exact) mass is 278 g/mol. The molecule has 5 heteroatoms. The van der Waals surface area contributed by atoms with E-state index in [-0.39, 0.29) is 0 Å². The van der Waals surface area contributed by atoms with Crippen molar-refractivity contribution >= 4 is 5.76 Å². The standard InChI is InChI=1S/C15H18O5/c1-14(2)18-13-9-12(16-3)10-7-5-6-8-11(10)15(13,17-4)20-19-14/h5-9,13H,1-4H3/t13-,15+/m0/s1. The maximum Gasteiger partial charge on any atom is 0.258 e. The molecule has 0 N–H and O–H groups in total. The molecule has 2 aliphatic rings. The van der Waals surface area contributed by atoms with E-state index in [0.717, 1.165) is 16.9 Å². The topological polar surface area (TPSA) is 46.2 Å². The third kappa shape index (κ3) is 1.86. The smallest absolute Gasteiger partial charge is 0.258 e. The first-order valence-electron chi connectivity index (χ1n) is 6.48. The van der Waals surface area contributed by atoms with Crippen LogP contribution in [0.15, 0.2) is 30.3 Å². The highest BCUT2D eigenvalue weighted by Crippen LogP contribution is 2.47. The molecule has 3 rings (SSSR count). The van der Waals surface area contributed by atoms with Crippen LogP contribution in [0.1, 0.15) is 25.0 Å². The molecule has 1 heterocycles. The van der Waals surface area contributed by atoms with E-state index in [9.17, 15) is 0 Å². The van der Waals surface area contributed by atoms with Crippen molar-refractivity contribution in [2.24, 2.45) is 0 Å². The van der Waals surface area contributed by atoms with Crippen molar-refractivity contribution in [3.63, 3.8) is 0 Å². The van der Waals surface area contributed by atoms with Crippen molar-refractivity contribution < 1.29 is 24.0 Å². The Morgan fingerprint density at radius 2 is 1.85 bits per heavy atom. The minimum atomic E-state index is -1.12. The van der Waals surface area contributed by atoms with Gasteiger partial charge in [-0.05, 0) is 19.9 Å². The molecule has 1 aliphatic carbocycles. The second kappa shape index (κ2) is 4.56. The predicted molar refractivity (Wildman–Crippen MR) is 71.2 cm³/mol. The van der Waals surface area contributed by atoms with Gasteiger partial charge in [-0.15, -0.1) is 0 Å². The molecule has 108 valence electrons. The lowest BCUT2D eigenvalue weighted by molar-refractivity contribution is -0.562. The lowest BCUT2D eigenvalue weighted by atomic mass is 9.87. The zero-order valence-corrected chi connectivity index (χ0v) is 12.0. The number of hydrogen-bond acceptors (Lipinski definition) is 5. The van der Waals surface area contributed by atoms with Crippen LogP contribution < -0.4 is 0 Å². The molecule has 1 aromatic carbocycles. The maximum atomic E-state index is 5.93. The summed E-state index contributed by atoms with van der Waals surface area (Å²) in [6.45, 7) is 3.57. The molecular weight excluding hydrogens is 260 g/mol. The summed E-state index contributed by atoms with van der Waals surface area (Å²) >= 11 is 0. The Bertz CT molecular complexity index is 551. The van der Waals surface area contributed by atoms with Gasteiger partial charge in [0.05, 0.1) is 7.11 Å². The summed E-state index contributed by atoms with van der Waals surface area (Å²) in [7, 11) is 3.20. The highest BCUT2D eigenvalue weighted by Gasteiger charge is 2.54. The molecule has 5 nitrogen and oxygen atoms in total. The Kier molecular flexibility index (Phi) is 3.10. The van der Waals surface area contributed by atoms with E-state index < -0.39 is 17.7 Å². The number of methoxy groups -OCH3 is 2. The van der Waals surface area contributed by atoms with Gasteiger partial charge in [-0.25, -0.2) is 0 Å². The minimum absolute atomic E-state index is 0.457. The lowest BCUT2D eigenvalue weighted by Gasteiger charge is -2.47. The van der Waals surface area contributed by atoms with Crippen LogP contribution in [0.4, 0.5) is 0 Å². The average Bonchev–Trinajstić information content (AvgIpc) is 2.45. The van der Waals surface area contributed by atoms with Crippen LogP contribution >= 0.6 is 0 Å². The highest BCUT2D eigenvalue weighted by molar-refractivity contribution is 5.67. The number of ether oxygens (including phenoxy) is 3. The van der Waals surface area contributed by atoms with Gasteiger partial charge in [-0.2, -0.15) is 9.78 Å². The Balaban J connectivity index is 2.16. The second-order valence-corrected chi connectivity index (χ2v) is 5.26. The summed E-state index contributed by atoms with van der Waals surface area (Å²) in [5.41, 5.74) is 1.72. The normalized spacial score (nSPS) is 31.0. The van der Waals surface area contributed by atoms with Crippen LogP contribution in [-0.2, 0) is 29.8 Å². The Hall–Kier alpha value is -1.40. The molecule has 0 unspecified atom stereocenters. The quantitative estimate of drug-likeness (QED) is 0.778. The van der Waals surface area contributed by atoms with Crippen LogP contribution in [-0.4, -0.2) is 26.1 Å². The van der Waals surface area contributed by atoms with Crippen LogP contribution in [0.25, 0.3) is 5.76 Å². The van der Waals surface area contributed by atoms with Gasteiger partial charge in [-0.1, -0.05) is 24.3 Å². The van der Waals surface area contributed by atoms with Crippen LogP contribution in [0.5, 0.6) is 0 Å². The zero-order valence-electron chi connectivity index (χ0n) is 12.0. The molecule has 1 fully saturated rings. The third-order valence-corrected chi connectivity index (χ3v) is 3.55. The first-order valence-corrected chi connectivity index (χ1v) is 6.48. The fraction of sp³-hybridized carbons (Fsp3) is 0.467. The van der Waals surface area contributed by atoms with Crippen molar-refractivity contribution in [1.82, 2.24) is 0 Å². The summed E-state index contributed by atoms with van der Waals surface area (Å²) in [4.78, 5) is 10.9. The Morgan fingerprint density at radius 3 is 2.55 bits per heavy atom. The predicted octanol–water partition coefficient (Wildman–Crippen LogP) is 2.57. The number of benzene rings is 1. The summed E-state index contributed by atoms with van der Waals surface area (Å²) in [5.74, 6) is -1.23. The van der Waals surface area contributed by atoms with E-state index in [1.165, 1.54) is 0 Å². The highest BCUT2D eigenvalue weighted by atomic mass is 17.3. The molecule has 1 aromatic rings. The van der Waals surface area contributed by atoms with E-state index >= 15 is 0 Å². The van der Waals surface area contributed by atoms with E-state index in [1.54, 1.807) is 28.1 Å². The van der Waals surface area contributed by atoms with Crippen molar-refractivity contribution in [2.75, 3.05) is 14.2 Å². The van der Waals surface area contributed by atoms with Crippen molar-refractivity contribution in [1.29, 1.82) is 0 Å². The first kappa shape index (κ1) is 13.6. The van der Waals surface area contributed by atoms with Crippen LogP contribution in [0.2, 0.25) is 0 Å². The molecule has 0 aromatic heterocycles. The van der Waals surface area contributed by atoms with Gasteiger partial charge in [-0.3, -0.25) is 0 Å². The largest absolute Gasteiger partial charge is 0.496 e. The van der Waals surface area contributed by atoms with Crippen LogP contribution in [0.3, 0.4) is 0 Å². The van der Waals surface area contributed by atoms with Crippen LogP contribution in [0, 0.1) is 0 Å². The molecular formula is C15H18O5. The second-order valence-electron chi connectivity index (χ2n) is 5.26. The van der Waals surface area contributed by atoms with Gasteiger partial charge in [0.15, 0.2) is 5.79 Å². The summed E-state index contributed by atoms with van der Waals surface area (Å²) in [6.07, 6.45) is 1.40. The number of rotatable bonds is 2. The summed E-state index contributed by atoms with van der Waals surface area (Å²) < 4.78 is 17.0. The molecule has 1 saturated heterocycles. The molecule has 0 radical (unpaired) electrons. The van der Waals surface area contributed by atoms with Gasteiger partial charge in [0.1, 0.15) is 11.9 Å². The lowest BCUT2D eigenvalue weighted by Crippen LogP contribution is -2.56. The van der Waals surface area contributed by atoms with Crippen molar-refractivity contribution in [2.45, 2.75) is 31.5 Å².